The van der Waals surface area contributed by atoms with Crippen molar-refractivity contribution in [1.29, 1.82) is 0 Å². The van der Waals surface area contributed by atoms with E-state index in [1.807, 2.05) is 48.5 Å². The maximum atomic E-state index is 13.1. The van der Waals surface area contributed by atoms with Crippen molar-refractivity contribution in [2.24, 2.45) is 0 Å². The molecule has 0 saturated heterocycles. The van der Waals surface area contributed by atoms with Gasteiger partial charge in [0.15, 0.2) is 6.61 Å². The number of benzene rings is 2. The molecule has 0 radical (unpaired) electrons. The zero-order chi connectivity index (χ0) is 22.2. The second kappa shape index (κ2) is 11.9. The molecule has 0 aromatic heterocycles. The summed E-state index contributed by atoms with van der Waals surface area (Å²) in [6.07, 6.45) is 5.53. The Kier molecular flexibility index (Phi) is 9.19. The number of ether oxygens (including phenoxy) is 1. The van der Waals surface area contributed by atoms with Crippen molar-refractivity contribution < 1.29 is 14.3 Å². The van der Waals surface area contributed by atoms with Crippen molar-refractivity contribution in [3.63, 3.8) is 0 Å². The highest BCUT2D eigenvalue weighted by atomic mass is 127. The van der Waals surface area contributed by atoms with Crippen molar-refractivity contribution in [1.82, 2.24) is 10.2 Å². The predicted molar refractivity (Wildman–Crippen MR) is 134 cm³/mol. The van der Waals surface area contributed by atoms with Crippen LogP contribution in [0.2, 0.25) is 0 Å². The van der Waals surface area contributed by atoms with Gasteiger partial charge in [-0.15, -0.1) is 0 Å². The predicted octanol–water partition coefficient (Wildman–Crippen LogP) is 5.30. The summed E-state index contributed by atoms with van der Waals surface area (Å²) in [5, 5.41) is 3.15. The summed E-state index contributed by atoms with van der Waals surface area (Å²) in [4.78, 5) is 27.7. The van der Waals surface area contributed by atoms with E-state index in [1.165, 1.54) is 6.42 Å². The van der Waals surface area contributed by atoms with Crippen LogP contribution in [0.4, 0.5) is 0 Å². The minimum Gasteiger partial charge on any atom is -0.484 e. The molecule has 3 rings (SSSR count). The first kappa shape index (κ1) is 24.0. The van der Waals surface area contributed by atoms with E-state index < -0.39 is 6.04 Å². The standard InChI is InChI=1S/C24H28BrIN2O3/c1-17(24(30)27-21-5-3-2-4-6-21)28(15-18-7-9-19(25)10-8-18)23(29)16-31-22-13-11-20(26)12-14-22/h7-14,17,21H,2-6,15-16H2,1H3,(H,27,30)/t17-/m0/s1. The lowest BCUT2D eigenvalue weighted by Crippen LogP contribution is -2.51. The Labute approximate surface area is 206 Å². The maximum Gasteiger partial charge on any atom is 0.261 e. The topological polar surface area (TPSA) is 58.6 Å². The number of carbonyl (C=O) groups excluding carboxylic acids is 2. The van der Waals surface area contributed by atoms with Crippen molar-refractivity contribution in [3.8, 4) is 5.75 Å². The van der Waals surface area contributed by atoms with E-state index in [-0.39, 0.29) is 24.5 Å². The van der Waals surface area contributed by atoms with Crippen LogP contribution in [0.15, 0.2) is 53.0 Å². The first-order chi connectivity index (χ1) is 14.9. The van der Waals surface area contributed by atoms with E-state index >= 15 is 0 Å². The maximum absolute atomic E-state index is 13.1. The monoisotopic (exact) mass is 598 g/mol. The summed E-state index contributed by atoms with van der Waals surface area (Å²) in [5.41, 5.74) is 0.961. The van der Waals surface area contributed by atoms with Gasteiger partial charge in [-0.1, -0.05) is 47.3 Å². The molecule has 1 atom stereocenters. The van der Waals surface area contributed by atoms with E-state index in [4.69, 9.17) is 4.74 Å². The minimum absolute atomic E-state index is 0.105. The van der Waals surface area contributed by atoms with E-state index in [0.717, 1.165) is 39.3 Å². The molecule has 2 amide bonds. The van der Waals surface area contributed by atoms with Gasteiger partial charge in [0.2, 0.25) is 5.91 Å². The first-order valence-corrected chi connectivity index (χ1v) is 12.5. The molecule has 31 heavy (non-hydrogen) atoms. The zero-order valence-electron chi connectivity index (χ0n) is 17.7. The van der Waals surface area contributed by atoms with Crippen LogP contribution in [0.3, 0.4) is 0 Å². The van der Waals surface area contributed by atoms with Gasteiger partial charge in [0.25, 0.3) is 5.91 Å². The van der Waals surface area contributed by atoms with Crippen LogP contribution < -0.4 is 10.1 Å². The van der Waals surface area contributed by atoms with E-state index in [1.54, 1.807) is 11.8 Å². The van der Waals surface area contributed by atoms with Gasteiger partial charge in [-0.3, -0.25) is 9.59 Å². The fourth-order valence-electron chi connectivity index (χ4n) is 3.70. The molecule has 0 heterocycles. The molecule has 0 aliphatic heterocycles. The number of halogens is 2. The van der Waals surface area contributed by atoms with Crippen molar-refractivity contribution in [2.75, 3.05) is 6.61 Å². The lowest BCUT2D eigenvalue weighted by molar-refractivity contribution is -0.142. The number of rotatable bonds is 8. The van der Waals surface area contributed by atoms with Gasteiger partial charge in [0.1, 0.15) is 11.8 Å². The number of hydrogen-bond acceptors (Lipinski definition) is 3. The third-order valence-corrected chi connectivity index (χ3v) is 6.81. The fourth-order valence-corrected chi connectivity index (χ4v) is 4.32. The summed E-state index contributed by atoms with van der Waals surface area (Å²) in [6.45, 7) is 2.03. The number of amides is 2. The zero-order valence-corrected chi connectivity index (χ0v) is 21.4. The summed E-state index contributed by atoms with van der Waals surface area (Å²) in [7, 11) is 0. The lowest BCUT2D eigenvalue weighted by atomic mass is 9.95. The highest BCUT2D eigenvalue weighted by Crippen LogP contribution is 2.19. The van der Waals surface area contributed by atoms with E-state index in [0.29, 0.717) is 12.3 Å². The molecule has 166 valence electrons. The van der Waals surface area contributed by atoms with Crippen LogP contribution in [0.1, 0.15) is 44.6 Å². The van der Waals surface area contributed by atoms with Crippen molar-refractivity contribution >= 4 is 50.3 Å². The molecule has 0 spiro atoms. The summed E-state index contributed by atoms with van der Waals surface area (Å²) in [6, 6.07) is 14.9. The Morgan fingerprint density at radius 3 is 2.39 bits per heavy atom. The summed E-state index contributed by atoms with van der Waals surface area (Å²) >= 11 is 5.66. The Balaban J connectivity index is 1.69. The molecule has 2 aromatic rings. The highest BCUT2D eigenvalue weighted by Gasteiger charge is 2.28. The van der Waals surface area contributed by atoms with E-state index in [9.17, 15) is 9.59 Å². The van der Waals surface area contributed by atoms with Crippen molar-refractivity contribution in [3.05, 3.63) is 62.1 Å². The minimum atomic E-state index is -0.585. The smallest absolute Gasteiger partial charge is 0.261 e. The van der Waals surface area contributed by atoms with E-state index in [2.05, 4.69) is 43.8 Å². The highest BCUT2D eigenvalue weighted by molar-refractivity contribution is 14.1. The first-order valence-electron chi connectivity index (χ1n) is 10.6. The second-order valence-electron chi connectivity index (χ2n) is 7.91. The van der Waals surface area contributed by atoms with Crippen LogP contribution in [-0.4, -0.2) is 35.4 Å². The molecule has 2 aromatic carbocycles. The van der Waals surface area contributed by atoms with Crippen molar-refractivity contribution in [2.45, 2.75) is 57.7 Å². The quantitative estimate of drug-likeness (QED) is 0.420. The van der Waals surface area contributed by atoms with Gasteiger partial charge < -0.3 is 15.0 Å². The Bertz CT molecular complexity index is 867. The molecule has 1 saturated carbocycles. The summed E-state index contributed by atoms with van der Waals surface area (Å²) < 4.78 is 7.78. The molecule has 1 fully saturated rings. The third-order valence-electron chi connectivity index (χ3n) is 5.56. The van der Waals surface area contributed by atoms with Crippen LogP contribution in [0, 0.1) is 3.57 Å². The van der Waals surface area contributed by atoms with Crippen LogP contribution >= 0.6 is 38.5 Å². The largest absolute Gasteiger partial charge is 0.484 e. The number of nitrogens with one attached hydrogen (secondary N) is 1. The number of hydrogen-bond donors (Lipinski definition) is 1. The average Bonchev–Trinajstić information content (AvgIpc) is 2.78. The lowest BCUT2D eigenvalue weighted by Gasteiger charge is -2.31. The second-order valence-corrected chi connectivity index (χ2v) is 10.1. The third kappa shape index (κ3) is 7.49. The molecule has 1 aliphatic carbocycles. The van der Waals surface area contributed by atoms with Crippen LogP contribution in [0.5, 0.6) is 5.75 Å². The van der Waals surface area contributed by atoms with Gasteiger partial charge >= 0.3 is 0 Å². The average molecular weight is 599 g/mol. The molecular formula is C24H28BrIN2O3. The number of nitrogens with zero attached hydrogens (tertiary/aromatic N) is 1. The fraction of sp³-hybridized carbons (Fsp3) is 0.417. The Morgan fingerprint density at radius 1 is 1.10 bits per heavy atom. The molecule has 0 unspecified atom stereocenters. The SMILES string of the molecule is C[C@@H](C(=O)NC1CCCCC1)N(Cc1ccc(Br)cc1)C(=O)COc1ccc(I)cc1. The normalized spacial score (nSPS) is 15.2. The Hall–Kier alpha value is -1.61. The van der Waals surface area contributed by atoms with Gasteiger partial charge in [0.05, 0.1) is 0 Å². The molecule has 5 nitrogen and oxygen atoms in total. The van der Waals surface area contributed by atoms with Gasteiger partial charge in [0, 0.05) is 20.6 Å². The van der Waals surface area contributed by atoms with Crippen LogP contribution in [0.25, 0.3) is 0 Å². The van der Waals surface area contributed by atoms with Crippen LogP contribution in [-0.2, 0) is 16.1 Å². The molecule has 1 N–H and O–H groups in total. The molecule has 1 aliphatic rings. The summed E-state index contributed by atoms with van der Waals surface area (Å²) in [5.74, 6) is 0.316. The van der Waals surface area contributed by atoms with Gasteiger partial charge in [-0.2, -0.15) is 0 Å². The molecular weight excluding hydrogens is 571 g/mol. The number of carbonyl (C=O) groups is 2. The van der Waals surface area contributed by atoms with Gasteiger partial charge in [-0.05, 0) is 84.3 Å². The molecule has 0 bridgehead atoms. The molecule has 7 heteroatoms. The Morgan fingerprint density at radius 2 is 1.74 bits per heavy atom. The van der Waals surface area contributed by atoms with Gasteiger partial charge in [-0.25, -0.2) is 0 Å².